The van der Waals surface area contributed by atoms with E-state index in [2.05, 4.69) is 20.1 Å². The monoisotopic (exact) mass is 274 g/mol. The fourth-order valence-corrected chi connectivity index (χ4v) is 2.29. The van der Waals surface area contributed by atoms with Gasteiger partial charge in [0.2, 0.25) is 17.8 Å². The first-order valence-corrected chi connectivity index (χ1v) is 6.22. The molecule has 0 aromatic carbocycles. The van der Waals surface area contributed by atoms with E-state index in [0.29, 0.717) is 24.9 Å². The van der Waals surface area contributed by atoms with E-state index < -0.39 is 6.04 Å². The average molecular weight is 274 g/mol. The summed E-state index contributed by atoms with van der Waals surface area (Å²) in [4.78, 5) is 25.6. The van der Waals surface area contributed by atoms with E-state index in [-0.39, 0.29) is 11.9 Å². The van der Waals surface area contributed by atoms with Crippen LogP contribution in [0, 0.1) is 0 Å². The van der Waals surface area contributed by atoms with Crippen LogP contribution in [0.4, 0.5) is 11.9 Å². The van der Waals surface area contributed by atoms with Gasteiger partial charge < -0.3 is 16.4 Å². The molecule has 4 N–H and O–H groups in total. The Morgan fingerprint density at radius 3 is 2.80 bits per heavy atom. The minimum absolute atomic E-state index is 0.0793. The van der Waals surface area contributed by atoms with Gasteiger partial charge in [0, 0.05) is 18.9 Å². The number of carbonyl (C=O) groups excluding carboxylic acids is 1. The fraction of sp³-hybridized carbons (Fsp3) is 0.364. The molecule has 9 nitrogen and oxygen atoms in total. The number of nitrogens with zero attached hydrogens (tertiary/aromatic N) is 6. The Morgan fingerprint density at radius 2 is 2.10 bits per heavy atom. The molecule has 0 spiro atoms. The maximum absolute atomic E-state index is 11.4. The van der Waals surface area contributed by atoms with Crippen LogP contribution in [0.5, 0.6) is 0 Å². The van der Waals surface area contributed by atoms with Gasteiger partial charge in [-0.1, -0.05) is 0 Å². The highest BCUT2D eigenvalue weighted by atomic mass is 16.1. The molecule has 1 aliphatic rings. The maximum atomic E-state index is 11.4. The Morgan fingerprint density at radius 1 is 1.30 bits per heavy atom. The number of primary amides is 1. The van der Waals surface area contributed by atoms with Gasteiger partial charge >= 0.3 is 0 Å². The molecule has 2 aromatic rings. The van der Waals surface area contributed by atoms with Crippen LogP contribution >= 0.6 is 0 Å². The normalized spacial score (nSPS) is 18.4. The largest absolute Gasteiger partial charge is 0.368 e. The predicted molar refractivity (Wildman–Crippen MR) is 70.9 cm³/mol. The van der Waals surface area contributed by atoms with Crippen molar-refractivity contribution >= 4 is 17.8 Å². The predicted octanol–water partition coefficient (Wildman–Crippen LogP) is -0.906. The molecule has 0 aliphatic carbocycles. The van der Waals surface area contributed by atoms with Gasteiger partial charge in [0.15, 0.2) is 0 Å². The lowest BCUT2D eigenvalue weighted by molar-refractivity contribution is -0.119. The Balaban J connectivity index is 2.00. The highest BCUT2D eigenvalue weighted by Gasteiger charge is 2.31. The molecule has 0 radical (unpaired) electrons. The van der Waals surface area contributed by atoms with Crippen molar-refractivity contribution in [2.75, 3.05) is 17.2 Å². The number of anilines is 2. The van der Waals surface area contributed by atoms with Gasteiger partial charge in [-0.2, -0.15) is 20.1 Å². The van der Waals surface area contributed by atoms with Crippen molar-refractivity contribution in [3.05, 3.63) is 18.5 Å². The molecular formula is C11H14N8O. The highest BCUT2D eigenvalue weighted by Crippen LogP contribution is 2.23. The molecule has 3 heterocycles. The summed E-state index contributed by atoms with van der Waals surface area (Å²) < 4.78 is 1.48. The topological polar surface area (TPSA) is 129 Å². The first-order valence-electron chi connectivity index (χ1n) is 6.22. The van der Waals surface area contributed by atoms with E-state index in [1.165, 1.54) is 4.68 Å². The quantitative estimate of drug-likeness (QED) is 0.741. The lowest BCUT2D eigenvalue weighted by Crippen LogP contribution is -2.41. The lowest BCUT2D eigenvalue weighted by atomic mass is 10.2. The van der Waals surface area contributed by atoms with Crippen LogP contribution in [0.2, 0.25) is 0 Å². The van der Waals surface area contributed by atoms with Crippen LogP contribution in [-0.2, 0) is 4.79 Å². The van der Waals surface area contributed by atoms with Crippen LogP contribution in [0.3, 0.4) is 0 Å². The van der Waals surface area contributed by atoms with E-state index in [0.717, 1.165) is 6.42 Å². The lowest BCUT2D eigenvalue weighted by Gasteiger charge is -2.22. The van der Waals surface area contributed by atoms with E-state index in [1.807, 2.05) is 0 Å². The fourth-order valence-electron chi connectivity index (χ4n) is 2.29. The molecule has 1 amide bonds. The summed E-state index contributed by atoms with van der Waals surface area (Å²) >= 11 is 0. The summed E-state index contributed by atoms with van der Waals surface area (Å²) in [6.45, 7) is 0.662. The second-order valence-electron chi connectivity index (χ2n) is 4.50. The van der Waals surface area contributed by atoms with Crippen LogP contribution < -0.4 is 16.4 Å². The Labute approximate surface area is 114 Å². The molecule has 1 atom stereocenters. The first kappa shape index (κ1) is 12.3. The summed E-state index contributed by atoms with van der Waals surface area (Å²) in [5, 5.41) is 4.05. The Bertz CT molecular complexity index is 625. The summed E-state index contributed by atoms with van der Waals surface area (Å²) in [6.07, 6.45) is 4.87. The average Bonchev–Trinajstić information content (AvgIpc) is 3.09. The number of nitrogen functional groups attached to an aromatic ring is 1. The van der Waals surface area contributed by atoms with E-state index in [4.69, 9.17) is 11.5 Å². The zero-order chi connectivity index (χ0) is 14.1. The van der Waals surface area contributed by atoms with Crippen molar-refractivity contribution in [2.45, 2.75) is 18.9 Å². The molecule has 2 aromatic heterocycles. The molecule has 1 fully saturated rings. The molecule has 20 heavy (non-hydrogen) atoms. The van der Waals surface area contributed by atoms with Gasteiger partial charge in [-0.3, -0.25) is 4.79 Å². The number of hydrogen-bond donors (Lipinski definition) is 2. The smallest absolute Gasteiger partial charge is 0.257 e. The van der Waals surface area contributed by atoms with Gasteiger partial charge in [-0.15, -0.1) is 0 Å². The first-order chi connectivity index (χ1) is 9.65. The summed E-state index contributed by atoms with van der Waals surface area (Å²) in [5.74, 6) is 0.356. The Kier molecular flexibility index (Phi) is 2.93. The maximum Gasteiger partial charge on any atom is 0.257 e. The number of aromatic nitrogens is 5. The van der Waals surface area contributed by atoms with Crippen molar-refractivity contribution in [2.24, 2.45) is 5.73 Å². The number of hydrogen-bond acceptors (Lipinski definition) is 7. The van der Waals surface area contributed by atoms with Crippen LogP contribution in [0.15, 0.2) is 18.5 Å². The van der Waals surface area contributed by atoms with Gasteiger partial charge in [0.1, 0.15) is 6.04 Å². The second-order valence-corrected chi connectivity index (χ2v) is 4.50. The molecule has 9 heteroatoms. The van der Waals surface area contributed by atoms with Gasteiger partial charge in [0.05, 0.1) is 0 Å². The van der Waals surface area contributed by atoms with E-state index in [1.54, 1.807) is 23.4 Å². The number of nitrogens with two attached hydrogens (primary N) is 2. The third-order valence-corrected chi connectivity index (χ3v) is 3.18. The van der Waals surface area contributed by atoms with Crippen molar-refractivity contribution in [3.8, 4) is 5.95 Å². The number of rotatable bonds is 3. The molecule has 0 bridgehead atoms. The second kappa shape index (κ2) is 4.76. The van der Waals surface area contributed by atoms with E-state index in [9.17, 15) is 4.79 Å². The molecule has 3 rings (SSSR count). The molecule has 1 aliphatic heterocycles. The minimum atomic E-state index is -0.401. The third kappa shape index (κ3) is 2.13. The van der Waals surface area contributed by atoms with Crippen LogP contribution in [-0.4, -0.2) is 43.2 Å². The molecule has 104 valence electrons. The number of carbonyl (C=O) groups is 1. The van der Waals surface area contributed by atoms with Crippen LogP contribution in [0.25, 0.3) is 5.95 Å². The third-order valence-electron chi connectivity index (χ3n) is 3.18. The Hall–Kier alpha value is -2.71. The summed E-state index contributed by atoms with van der Waals surface area (Å²) in [5.41, 5.74) is 11.1. The van der Waals surface area contributed by atoms with Gasteiger partial charge in [-0.25, -0.2) is 4.68 Å². The van der Waals surface area contributed by atoms with Gasteiger partial charge in [0.25, 0.3) is 5.95 Å². The summed E-state index contributed by atoms with van der Waals surface area (Å²) in [7, 11) is 0. The van der Waals surface area contributed by atoms with Crippen LogP contribution in [0.1, 0.15) is 12.8 Å². The molecular weight excluding hydrogens is 260 g/mol. The highest BCUT2D eigenvalue weighted by molar-refractivity contribution is 5.83. The van der Waals surface area contributed by atoms with Crippen molar-refractivity contribution in [1.29, 1.82) is 0 Å². The van der Waals surface area contributed by atoms with Gasteiger partial charge in [-0.05, 0) is 18.9 Å². The molecule has 0 saturated carbocycles. The number of amides is 1. The SMILES string of the molecule is NC(=O)C1CCCN1c1nc(N)nc(-n2cccn2)n1. The van der Waals surface area contributed by atoms with E-state index >= 15 is 0 Å². The van der Waals surface area contributed by atoms with Crippen molar-refractivity contribution in [3.63, 3.8) is 0 Å². The standard InChI is InChI=1S/C11H14N8O/c12-8(20)7-3-1-5-18(7)10-15-9(13)16-11(17-10)19-6-2-4-14-19/h2,4,6-7H,1,3,5H2,(H2,12,20)(H2,13,15,16,17). The van der Waals surface area contributed by atoms with Crippen molar-refractivity contribution < 1.29 is 4.79 Å². The zero-order valence-corrected chi connectivity index (χ0v) is 10.7. The zero-order valence-electron chi connectivity index (χ0n) is 10.7. The summed E-state index contributed by atoms with van der Waals surface area (Å²) in [6, 6.07) is 1.35. The minimum Gasteiger partial charge on any atom is -0.368 e. The van der Waals surface area contributed by atoms with Crippen molar-refractivity contribution in [1.82, 2.24) is 24.7 Å². The molecule has 1 saturated heterocycles. The molecule has 1 unspecified atom stereocenters.